The Labute approximate surface area is 195 Å². The fraction of sp³-hybridized carbons (Fsp3) is 0.360. The topological polar surface area (TPSA) is 75.5 Å². The van der Waals surface area contributed by atoms with Crippen LogP contribution in [0.3, 0.4) is 0 Å². The van der Waals surface area contributed by atoms with Gasteiger partial charge in [0.25, 0.3) is 0 Å². The van der Waals surface area contributed by atoms with Crippen molar-refractivity contribution in [2.75, 3.05) is 26.2 Å². The smallest absolute Gasteiger partial charge is 0.243 e. The number of carbonyl (C=O) groups is 1. The zero-order chi connectivity index (χ0) is 23.8. The molecule has 1 amide bonds. The minimum atomic E-state index is -3.57. The van der Waals surface area contributed by atoms with E-state index in [0.717, 1.165) is 33.8 Å². The largest absolute Gasteiger partial charge is 0.340 e. The number of sulfonamides is 1. The molecule has 174 valence electrons. The molecule has 0 bridgehead atoms. The van der Waals surface area contributed by atoms with Crippen molar-refractivity contribution >= 4 is 15.9 Å². The third-order valence-electron chi connectivity index (χ3n) is 6.48. The zero-order valence-corrected chi connectivity index (χ0v) is 20.4. The molecule has 0 saturated carbocycles. The number of para-hydroxylation sites is 1. The Kier molecular flexibility index (Phi) is 6.41. The van der Waals surface area contributed by atoms with Gasteiger partial charge in [-0.25, -0.2) is 13.1 Å². The van der Waals surface area contributed by atoms with Crippen LogP contribution in [0.5, 0.6) is 0 Å². The van der Waals surface area contributed by atoms with Crippen molar-refractivity contribution in [2.45, 2.75) is 39.0 Å². The van der Waals surface area contributed by atoms with Gasteiger partial charge in [-0.2, -0.15) is 9.40 Å². The summed E-state index contributed by atoms with van der Waals surface area (Å²) in [7, 11) is -3.57. The number of aromatic nitrogens is 2. The highest BCUT2D eigenvalue weighted by Crippen LogP contribution is 2.22. The average molecular weight is 467 g/mol. The second kappa shape index (κ2) is 9.11. The van der Waals surface area contributed by atoms with E-state index < -0.39 is 10.0 Å². The van der Waals surface area contributed by atoms with E-state index in [9.17, 15) is 13.2 Å². The number of carbonyl (C=O) groups excluding carboxylic acids is 1. The summed E-state index contributed by atoms with van der Waals surface area (Å²) in [4.78, 5) is 15.1. The maximum absolute atomic E-state index is 13.1. The summed E-state index contributed by atoms with van der Waals surface area (Å²) in [5.41, 5.74) is 5.68. The number of aryl methyl sites for hydroxylation is 3. The Balaban J connectivity index is 1.43. The Morgan fingerprint density at radius 3 is 2.21 bits per heavy atom. The molecule has 0 N–H and O–H groups in total. The first-order valence-electron chi connectivity index (χ1n) is 11.1. The first kappa shape index (κ1) is 23.2. The molecule has 1 aliphatic heterocycles. The normalized spacial score (nSPS) is 15.1. The Morgan fingerprint density at radius 2 is 1.58 bits per heavy atom. The van der Waals surface area contributed by atoms with Crippen LogP contribution >= 0.6 is 0 Å². The molecule has 2 heterocycles. The van der Waals surface area contributed by atoms with Crippen LogP contribution < -0.4 is 0 Å². The van der Waals surface area contributed by atoms with Crippen LogP contribution in [0.25, 0.3) is 5.69 Å². The summed E-state index contributed by atoms with van der Waals surface area (Å²) in [5.74, 6) is -0.00274. The molecule has 3 aromatic rings. The first-order chi connectivity index (χ1) is 15.7. The third kappa shape index (κ3) is 4.58. The molecule has 33 heavy (non-hydrogen) atoms. The molecule has 1 aliphatic rings. The second-order valence-electron chi connectivity index (χ2n) is 8.60. The number of benzene rings is 2. The average Bonchev–Trinajstić information content (AvgIpc) is 3.09. The van der Waals surface area contributed by atoms with Gasteiger partial charge in [-0.3, -0.25) is 4.79 Å². The SMILES string of the molecule is Cc1ccc(S(=O)(=O)N2CCN(C(=O)Cc3c(C)nn(-c4ccccc4)c3C)CC2)cc1C. The summed E-state index contributed by atoms with van der Waals surface area (Å²) < 4.78 is 29.5. The quantitative estimate of drug-likeness (QED) is 0.579. The van der Waals surface area contributed by atoms with Gasteiger partial charge < -0.3 is 4.90 Å². The molecule has 0 spiro atoms. The van der Waals surface area contributed by atoms with E-state index in [4.69, 9.17) is 0 Å². The van der Waals surface area contributed by atoms with Crippen LogP contribution in [0.15, 0.2) is 53.4 Å². The van der Waals surface area contributed by atoms with Crippen LogP contribution in [-0.2, 0) is 21.2 Å². The van der Waals surface area contributed by atoms with Gasteiger partial charge in [0.1, 0.15) is 0 Å². The van der Waals surface area contributed by atoms with E-state index in [-0.39, 0.29) is 12.3 Å². The maximum atomic E-state index is 13.1. The predicted octanol–water partition coefficient (Wildman–Crippen LogP) is 3.18. The standard InChI is InChI=1S/C25H30N4O3S/c1-18-10-11-23(16-19(18)2)33(31,32)28-14-12-27(13-15-28)25(30)17-24-20(3)26-29(21(24)4)22-8-6-5-7-9-22/h5-11,16H,12-15,17H2,1-4H3. The highest BCUT2D eigenvalue weighted by Gasteiger charge is 2.31. The van der Waals surface area contributed by atoms with Gasteiger partial charge in [0, 0.05) is 37.4 Å². The van der Waals surface area contributed by atoms with E-state index in [1.807, 2.05) is 68.8 Å². The molecule has 0 radical (unpaired) electrons. The minimum absolute atomic E-state index is 0.00274. The van der Waals surface area contributed by atoms with Gasteiger partial charge in [-0.1, -0.05) is 24.3 Å². The van der Waals surface area contributed by atoms with Crippen molar-refractivity contribution in [1.29, 1.82) is 0 Å². The van der Waals surface area contributed by atoms with Crippen LogP contribution in [0.4, 0.5) is 0 Å². The fourth-order valence-corrected chi connectivity index (χ4v) is 5.72. The van der Waals surface area contributed by atoms with Crippen LogP contribution in [0.2, 0.25) is 0 Å². The van der Waals surface area contributed by atoms with Gasteiger partial charge in [0.2, 0.25) is 15.9 Å². The molecule has 8 heteroatoms. The molecule has 2 aromatic carbocycles. The molecule has 0 atom stereocenters. The Morgan fingerprint density at radius 1 is 0.909 bits per heavy atom. The fourth-order valence-electron chi connectivity index (χ4n) is 4.22. The number of amides is 1. The molecule has 4 rings (SSSR count). The number of hydrogen-bond acceptors (Lipinski definition) is 4. The van der Waals surface area contributed by atoms with Gasteiger partial charge >= 0.3 is 0 Å². The number of piperazine rings is 1. The lowest BCUT2D eigenvalue weighted by molar-refractivity contribution is -0.131. The van der Waals surface area contributed by atoms with E-state index >= 15 is 0 Å². The number of rotatable bonds is 5. The second-order valence-corrected chi connectivity index (χ2v) is 10.5. The van der Waals surface area contributed by atoms with Crippen molar-refractivity contribution in [3.8, 4) is 5.69 Å². The Bertz CT molecular complexity index is 1270. The van der Waals surface area contributed by atoms with Crippen LogP contribution in [0, 0.1) is 27.7 Å². The molecule has 1 aromatic heterocycles. The van der Waals surface area contributed by atoms with Crippen LogP contribution in [0.1, 0.15) is 28.1 Å². The summed E-state index contributed by atoms with van der Waals surface area (Å²) >= 11 is 0. The van der Waals surface area contributed by atoms with Gasteiger partial charge in [-0.05, 0) is 63.1 Å². The monoisotopic (exact) mass is 466 g/mol. The van der Waals surface area contributed by atoms with Crippen molar-refractivity contribution in [2.24, 2.45) is 0 Å². The molecule has 1 saturated heterocycles. The van der Waals surface area contributed by atoms with Crippen molar-refractivity contribution in [1.82, 2.24) is 19.0 Å². The van der Waals surface area contributed by atoms with E-state index in [1.165, 1.54) is 4.31 Å². The van der Waals surface area contributed by atoms with Gasteiger partial charge in [0.15, 0.2) is 0 Å². The van der Waals surface area contributed by atoms with Crippen molar-refractivity contribution < 1.29 is 13.2 Å². The van der Waals surface area contributed by atoms with Crippen molar-refractivity contribution in [3.63, 3.8) is 0 Å². The lowest BCUT2D eigenvalue weighted by Crippen LogP contribution is -2.50. The third-order valence-corrected chi connectivity index (χ3v) is 8.37. The Hall–Kier alpha value is -2.97. The van der Waals surface area contributed by atoms with Crippen LogP contribution in [-0.4, -0.2) is 59.5 Å². The lowest BCUT2D eigenvalue weighted by Gasteiger charge is -2.34. The molecular weight excluding hydrogens is 436 g/mol. The summed E-state index contributed by atoms with van der Waals surface area (Å²) in [6, 6.07) is 15.1. The molecule has 0 unspecified atom stereocenters. The summed E-state index contributed by atoms with van der Waals surface area (Å²) in [6.07, 6.45) is 0.258. The minimum Gasteiger partial charge on any atom is -0.340 e. The number of nitrogens with zero attached hydrogens (tertiary/aromatic N) is 4. The highest BCUT2D eigenvalue weighted by atomic mass is 32.2. The molecule has 1 fully saturated rings. The maximum Gasteiger partial charge on any atom is 0.243 e. The molecular formula is C25H30N4O3S. The van der Waals surface area contributed by atoms with Gasteiger partial charge in [0.05, 0.1) is 22.7 Å². The first-order valence-corrected chi connectivity index (χ1v) is 12.6. The molecule has 7 nitrogen and oxygen atoms in total. The van der Waals surface area contributed by atoms with E-state index in [1.54, 1.807) is 17.0 Å². The van der Waals surface area contributed by atoms with E-state index in [0.29, 0.717) is 31.1 Å². The molecule has 0 aliphatic carbocycles. The number of hydrogen-bond donors (Lipinski definition) is 0. The van der Waals surface area contributed by atoms with E-state index in [2.05, 4.69) is 5.10 Å². The highest BCUT2D eigenvalue weighted by molar-refractivity contribution is 7.89. The van der Waals surface area contributed by atoms with Crippen molar-refractivity contribution in [3.05, 3.63) is 76.6 Å². The van der Waals surface area contributed by atoms with Gasteiger partial charge in [-0.15, -0.1) is 0 Å². The lowest BCUT2D eigenvalue weighted by atomic mass is 10.1. The summed E-state index contributed by atoms with van der Waals surface area (Å²) in [5, 5.41) is 4.63. The summed E-state index contributed by atoms with van der Waals surface area (Å²) in [6.45, 7) is 9.12. The zero-order valence-electron chi connectivity index (χ0n) is 19.6. The predicted molar refractivity (Wildman–Crippen MR) is 128 cm³/mol.